The van der Waals surface area contributed by atoms with Crippen LogP contribution in [0.4, 0.5) is 0 Å². The van der Waals surface area contributed by atoms with Crippen LogP contribution in [0.1, 0.15) is 11.1 Å². The fourth-order valence-electron chi connectivity index (χ4n) is 6.80. The monoisotopic (exact) mass is 534 g/mol. The van der Waals surface area contributed by atoms with Crippen LogP contribution < -0.4 is 0 Å². The van der Waals surface area contributed by atoms with Gasteiger partial charge in [0.15, 0.2) is 0 Å². The van der Waals surface area contributed by atoms with Crippen LogP contribution in [0.5, 0.6) is 0 Å². The van der Waals surface area contributed by atoms with Crippen LogP contribution >= 0.6 is 0 Å². The SMILES string of the molecule is Cc1ccc2c(-c3cccc4c3ccc3ccccc34)c3cc(C)ccc3c(-c3cccc(-c4ccccc4)c3)c2c1. The third-order valence-corrected chi connectivity index (χ3v) is 8.74. The Morgan fingerprint density at radius 1 is 0.310 bits per heavy atom. The first-order valence-electron chi connectivity index (χ1n) is 14.7. The van der Waals surface area contributed by atoms with E-state index in [1.54, 1.807) is 0 Å². The Bertz CT molecular complexity index is 2300. The van der Waals surface area contributed by atoms with E-state index in [1.807, 2.05) is 0 Å². The highest BCUT2D eigenvalue weighted by molar-refractivity contribution is 6.25. The highest BCUT2D eigenvalue weighted by Gasteiger charge is 2.19. The molecule has 0 aliphatic heterocycles. The molecular formula is C42H30. The fourth-order valence-corrected chi connectivity index (χ4v) is 6.80. The van der Waals surface area contributed by atoms with E-state index >= 15 is 0 Å². The van der Waals surface area contributed by atoms with Crippen molar-refractivity contribution in [1.82, 2.24) is 0 Å². The van der Waals surface area contributed by atoms with Gasteiger partial charge in [-0.2, -0.15) is 0 Å². The second kappa shape index (κ2) is 9.72. The molecule has 8 rings (SSSR count). The molecule has 0 aromatic heterocycles. The number of rotatable bonds is 3. The standard InChI is InChI=1S/C42H30/c1-27-19-22-38-39(24-27)41(32-14-8-13-31(26-32)29-10-4-3-5-11-29)37-21-18-28(2)25-40(37)42(38)36-17-9-16-34-33-15-7-6-12-30(33)20-23-35(34)36/h3-26H,1-2H3. The van der Waals surface area contributed by atoms with Gasteiger partial charge in [-0.25, -0.2) is 0 Å². The highest BCUT2D eigenvalue weighted by atomic mass is 14.2. The summed E-state index contributed by atoms with van der Waals surface area (Å²) in [6.45, 7) is 4.40. The first-order valence-corrected chi connectivity index (χ1v) is 14.7. The van der Waals surface area contributed by atoms with E-state index in [0.717, 1.165) is 0 Å². The Morgan fingerprint density at radius 2 is 0.905 bits per heavy atom. The molecule has 0 radical (unpaired) electrons. The van der Waals surface area contributed by atoms with Crippen LogP contribution in [0.15, 0.2) is 146 Å². The normalized spacial score (nSPS) is 11.6. The fraction of sp³-hybridized carbons (Fsp3) is 0.0476. The molecule has 0 spiro atoms. The van der Waals surface area contributed by atoms with Crippen molar-refractivity contribution in [2.45, 2.75) is 13.8 Å². The van der Waals surface area contributed by atoms with Gasteiger partial charge in [0.1, 0.15) is 0 Å². The van der Waals surface area contributed by atoms with Crippen molar-refractivity contribution < 1.29 is 0 Å². The maximum atomic E-state index is 2.38. The molecule has 0 aliphatic carbocycles. The van der Waals surface area contributed by atoms with Crippen LogP contribution in [0.2, 0.25) is 0 Å². The molecule has 0 amide bonds. The van der Waals surface area contributed by atoms with Crippen LogP contribution in [0, 0.1) is 13.8 Å². The third kappa shape index (κ3) is 3.91. The molecule has 0 saturated carbocycles. The van der Waals surface area contributed by atoms with E-state index in [9.17, 15) is 0 Å². The molecule has 0 heteroatoms. The zero-order valence-electron chi connectivity index (χ0n) is 23.9. The van der Waals surface area contributed by atoms with Crippen LogP contribution in [-0.4, -0.2) is 0 Å². The average Bonchev–Trinajstić information content (AvgIpc) is 3.04. The van der Waals surface area contributed by atoms with Gasteiger partial charge in [-0.05, 0) is 96.4 Å². The summed E-state index contributed by atoms with van der Waals surface area (Å²) >= 11 is 0. The summed E-state index contributed by atoms with van der Waals surface area (Å²) in [5, 5.41) is 10.3. The summed E-state index contributed by atoms with van der Waals surface area (Å²) in [7, 11) is 0. The van der Waals surface area contributed by atoms with Crippen molar-refractivity contribution in [3.05, 3.63) is 157 Å². The number of hydrogen-bond donors (Lipinski definition) is 0. The largest absolute Gasteiger partial charge is 0.0622 e. The van der Waals surface area contributed by atoms with Crippen molar-refractivity contribution in [2.75, 3.05) is 0 Å². The minimum absolute atomic E-state index is 1.24. The predicted octanol–water partition coefficient (Wildman–Crippen LogP) is 11.9. The lowest BCUT2D eigenvalue weighted by Gasteiger charge is -2.20. The van der Waals surface area contributed by atoms with Gasteiger partial charge in [0, 0.05) is 0 Å². The Labute approximate surface area is 246 Å². The molecule has 0 saturated heterocycles. The zero-order chi connectivity index (χ0) is 28.2. The second-order valence-electron chi connectivity index (χ2n) is 11.5. The first kappa shape index (κ1) is 24.6. The lowest BCUT2D eigenvalue weighted by molar-refractivity contribution is 1.49. The van der Waals surface area contributed by atoms with Crippen LogP contribution in [-0.2, 0) is 0 Å². The van der Waals surface area contributed by atoms with Gasteiger partial charge < -0.3 is 0 Å². The number of fused-ring (bicyclic) bond motifs is 5. The number of aryl methyl sites for hydroxylation is 2. The lowest BCUT2D eigenvalue weighted by Crippen LogP contribution is -1.93. The van der Waals surface area contributed by atoms with Gasteiger partial charge in [0.05, 0.1) is 0 Å². The van der Waals surface area contributed by atoms with Gasteiger partial charge in [-0.1, -0.05) is 151 Å². The summed E-state index contributed by atoms with van der Waals surface area (Å²) in [6, 6.07) is 53.8. The smallest absolute Gasteiger partial charge is 0.00200 e. The predicted molar refractivity (Wildman–Crippen MR) is 182 cm³/mol. The van der Waals surface area contributed by atoms with E-state index in [1.165, 1.54) is 87.6 Å². The van der Waals surface area contributed by atoms with Crippen molar-refractivity contribution in [3.63, 3.8) is 0 Å². The zero-order valence-corrected chi connectivity index (χ0v) is 23.9. The minimum Gasteiger partial charge on any atom is -0.0622 e. The second-order valence-corrected chi connectivity index (χ2v) is 11.5. The average molecular weight is 535 g/mol. The minimum atomic E-state index is 1.24. The topological polar surface area (TPSA) is 0 Å². The molecule has 198 valence electrons. The summed E-state index contributed by atoms with van der Waals surface area (Å²) in [5.41, 5.74) is 10.2. The summed E-state index contributed by atoms with van der Waals surface area (Å²) in [5.74, 6) is 0. The molecule has 0 bridgehead atoms. The van der Waals surface area contributed by atoms with Crippen LogP contribution in [0.25, 0.3) is 76.5 Å². The van der Waals surface area contributed by atoms with Gasteiger partial charge in [0.2, 0.25) is 0 Å². The number of hydrogen-bond acceptors (Lipinski definition) is 0. The summed E-state index contributed by atoms with van der Waals surface area (Å²) in [4.78, 5) is 0. The van der Waals surface area contributed by atoms with E-state index < -0.39 is 0 Å². The van der Waals surface area contributed by atoms with Gasteiger partial charge in [-0.15, -0.1) is 0 Å². The molecule has 0 nitrogen and oxygen atoms in total. The van der Waals surface area contributed by atoms with Gasteiger partial charge >= 0.3 is 0 Å². The molecule has 0 heterocycles. The summed E-state index contributed by atoms with van der Waals surface area (Å²) < 4.78 is 0. The highest BCUT2D eigenvalue weighted by Crippen LogP contribution is 2.46. The van der Waals surface area contributed by atoms with E-state index in [-0.39, 0.29) is 0 Å². The van der Waals surface area contributed by atoms with Crippen molar-refractivity contribution in [2.24, 2.45) is 0 Å². The number of benzene rings is 8. The van der Waals surface area contributed by atoms with Crippen LogP contribution in [0.3, 0.4) is 0 Å². The molecule has 42 heavy (non-hydrogen) atoms. The van der Waals surface area contributed by atoms with Crippen molar-refractivity contribution in [1.29, 1.82) is 0 Å². The summed E-state index contributed by atoms with van der Waals surface area (Å²) in [6.07, 6.45) is 0. The molecule has 0 N–H and O–H groups in total. The molecule has 8 aromatic rings. The Kier molecular flexibility index (Phi) is 5.69. The third-order valence-electron chi connectivity index (χ3n) is 8.74. The van der Waals surface area contributed by atoms with E-state index in [4.69, 9.17) is 0 Å². The Hall–Kier alpha value is -5.20. The molecule has 0 atom stereocenters. The lowest BCUT2D eigenvalue weighted by atomic mass is 9.83. The van der Waals surface area contributed by atoms with Crippen molar-refractivity contribution >= 4 is 43.1 Å². The molecule has 0 fully saturated rings. The first-order chi connectivity index (χ1) is 20.7. The molecule has 0 aliphatic rings. The van der Waals surface area contributed by atoms with Gasteiger partial charge in [0.25, 0.3) is 0 Å². The Morgan fingerprint density at radius 3 is 1.71 bits per heavy atom. The molecular weight excluding hydrogens is 504 g/mol. The maximum Gasteiger partial charge on any atom is -0.00200 e. The van der Waals surface area contributed by atoms with E-state index in [0.29, 0.717) is 0 Å². The molecule has 0 unspecified atom stereocenters. The molecule has 8 aromatic carbocycles. The Balaban J connectivity index is 1.51. The van der Waals surface area contributed by atoms with E-state index in [2.05, 4.69) is 159 Å². The maximum absolute atomic E-state index is 2.38. The van der Waals surface area contributed by atoms with Crippen molar-refractivity contribution in [3.8, 4) is 33.4 Å². The van der Waals surface area contributed by atoms with Gasteiger partial charge in [-0.3, -0.25) is 0 Å². The quantitative estimate of drug-likeness (QED) is 0.156.